The molecule has 72 valence electrons. The van der Waals surface area contributed by atoms with Gasteiger partial charge < -0.3 is 4.98 Å². The summed E-state index contributed by atoms with van der Waals surface area (Å²) in [6.45, 7) is 5.53. The third kappa shape index (κ3) is 2.10. The largest absolute Gasteiger partial charge is 0.309 e. The number of alkyl halides is 1. The number of hydrogen-bond donors (Lipinski definition) is 1. The molecule has 0 aliphatic heterocycles. The summed E-state index contributed by atoms with van der Waals surface area (Å²) in [6.07, 6.45) is 0.756. The average Bonchev–Trinajstić information content (AvgIpc) is 2.09. The van der Waals surface area contributed by atoms with Crippen LogP contribution in [0.25, 0.3) is 0 Å². The summed E-state index contributed by atoms with van der Waals surface area (Å²) < 4.78 is 0. The lowest BCUT2D eigenvalue weighted by molar-refractivity contribution is 0.837. The van der Waals surface area contributed by atoms with Crippen molar-refractivity contribution in [1.29, 1.82) is 0 Å². The van der Waals surface area contributed by atoms with Gasteiger partial charge in [-0.2, -0.15) is 0 Å². The van der Waals surface area contributed by atoms with Gasteiger partial charge in [0.25, 0.3) is 5.56 Å². The van der Waals surface area contributed by atoms with Crippen molar-refractivity contribution < 1.29 is 0 Å². The van der Waals surface area contributed by atoms with Crippen LogP contribution >= 0.6 is 11.6 Å². The van der Waals surface area contributed by atoms with Crippen LogP contribution in [0, 0.1) is 6.92 Å². The highest BCUT2D eigenvalue weighted by molar-refractivity contribution is 6.20. The Balaban J connectivity index is 3.31. The minimum Gasteiger partial charge on any atom is -0.309 e. The Morgan fingerprint density at radius 2 is 2.23 bits per heavy atom. The van der Waals surface area contributed by atoms with Crippen molar-refractivity contribution in [2.24, 2.45) is 0 Å². The van der Waals surface area contributed by atoms with Crippen LogP contribution in [-0.2, 0) is 6.42 Å². The molecule has 0 aliphatic carbocycles. The number of aromatic amines is 1. The van der Waals surface area contributed by atoms with Gasteiger partial charge in [-0.3, -0.25) is 4.79 Å². The number of nitrogens with one attached hydrogen (secondary N) is 1. The van der Waals surface area contributed by atoms with Gasteiger partial charge in [0.15, 0.2) is 0 Å². The molecule has 3 nitrogen and oxygen atoms in total. The molecule has 4 heteroatoms. The minimum atomic E-state index is -0.251. The highest BCUT2D eigenvalue weighted by Crippen LogP contribution is 2.14. The topological polar surface area (TPSA) is 45.8 Å². The molecule has 0 bridgehead atoms. The van der Waals surface area contributed by atoms with Crippen LogP contribution in [0.15, 0.2) is 4.79 Å². The third-order valence-corrected chi connectivity index (χ3v) is 2.19. The van der Waals surface area contributed by atoms with Gasteiger partial charge in [0.1, 0.15) is 5.82 Å². The maximum absolute atomic E-state index is 11.4. The first-order chi connectivity index (χ1) is 6.06. The Kier molecular flexibility index (Phi) is 3.09. The second-order valence-corrected chi connectivity index (χ2v) is 3.65. The number of halogens is 1. The fourth-order valence-corrected chi connectivity index (χ4v) is 1.23. The summed E-state index contributed by atoms with van der Waals surface area (Å²) in [7, 11) is 0. The van der Waals surface area contributed by atoms with E-state index < -0.39 is 0 Å². The number of nitrogens with zero attached hydrogens (tertiary/aromatic N) is 1. The Bertz CT molecular complexity index is 357. The molecule has 1 unspecified atom stereocenters. The molecule has 0 fully saturated rings. The van der Waals surface area contributed by atoms with E-state index in [1.807, 2.05) is 6.92 Å². The fraction of sp³-hybridized carbons (Fsp3) is 0.556. The van der Waals surface area contributed by atoms with E-state index in [0.29, 0.717) is 11.4 Å². The smallest absolute Gasteiger partial charge is 0.254 e. The third-order valence-electron chi connectivity index (χ3n) is 1.98. The molecular weight excluding hydrogens is 188 g/mol. The second-order valence-electron chi connectivity index (χ2n) is 2.99. The number of hydrogen-bond acceptors (Lipinski definition) is 2. The van der Waals surface area contributed by atoms with E-state index in [2.05, 4.69) is 9.97 Å². The van der Waals surface area contributed by atoms with Crippen LogP contribution in [0.3, 0.4) is 0 Å². The lowest BCUT2D eigenvalue weighted by Crippen LogP contribution is -2.17. The van der Waals surface area contributed by atoms with E-state index in [0.717, 1.165) is 12.1 Å². The molecule has 0 spiro atoms. The van der Waals surface area contributed by atoms with Gasteiger partial charge in [-0.25, -0.2) is 4.98 Å². The molecule has 0 saturated heterocycles. The average molecular weight is 201 g/mol. The van der Waals surface area contributed by atoms with Crippen molar-refractivity contribution in [3.63, 3.8) is 0 Å². The summed E-state index contributed by atoms with van der Waals surface area (Å²) in [5.41, 5.74) is 1.42. The standard InChI is InChI=1S/C9H13ClN2O/c1-4-7-5(2)9(13)12-8(11-7)6(3)10/h6H,4H2,1-3H3,(H,11,12,13). The molecule has 1 rings (SSSR count). The summed E-state index contributed by atoms with van der Waals surface area (Å²) in [5.74, 6) is 0.550. The van der Waals surface area contributed by atoms with E-state index in [9.17, 15) is 4.79 Å². The zero-order valence-electron chi connectivity index (χ0n) is 8.02. The first kappa shape index (κ1) is 10.3. The van der Waals surface area contributed by atoms with Crippen LogP contribution in [0.5, 0.6) is 0 Å². The van der Waals surface area contributed by atoms with E-state index >= 15 is 0 Å². The van der Waals surface area contributed by atoms with E-state index in [4.69, 9.17) is 11.6 Å². The first-order valence-corrected chi connectivity index (χ1v) is 4.73. The van der Waals surface area contributed by atoms with Crippen molar-refractivity contribution in [2.45, 2.75) is 32.6 Å². The molecule has 1 atom stereocenters. The zero-order chi connectivity index (χ0) is 10.0. The summed E-state index contributed by atoms with van der Waals surface area (Å²) in [6, 6.07) is 0. The molecule has 0 aliphatic rings. The van der Waals surface area contributed by atoms with Gasteiger partial charge in [-0.15, -0.1) is 11.6 Å². The van der Waals surface area contributed by atoms with Crippen LogP contribution in [0.4, 0.5) is 0 Å². The Morgan fingerprint density at radius 1 is 1.62 bits per heavy atom. The highest BCUT2D eigenvalue weighted by Gasteiger charge is 2.08. The van der Waals surface area contributed by atoms with E-state index in [-0.39, 0.29) is 10.9 Å². The van der Waals surface area contributed by atoms with Crippen molar-refractivity contribution >= 4 is 11.6 Å². The summed E-state index contributed by atoms with van der Waals surface area (Å²) >= 11 is 5.82. The van der Waals surface area contributed by atoms with Crippen LogP contribution in [-0.4, -0.2) is 9.97 Å². The second kappa shape index (κ2) is 3.92. The predicted octanol–water partition coefficient (Wildman–Crippen LogP) is 1.94. The molecule has 0 aromatic carbocycles. The summed E-state index contributed by atoms with van der Waals surface area (Å²) in [4.78, 5) is 18.3. The molecule has 1 heterocycles. The van der Waals surface area contributed by atoms with E-state index in [1.165, 1.54) is 0 Å². The van der Waals surface area contributed by atoms with Gasteiger partial charge in [0.05, 0.1) is 11.1 Å². The Hall–Kier alpha value is -0.830. The quantitative estimate of drug-likeness (QED) is 0.742. The monoisotopic (exact) mass is 200 g/mol. The van der Waals surface area contributed by atoms with Crippen molar-refractivity contribution in [3.8, 4) is 0 Å². The van der Waals surface area contributed by atoms with Gasteiger partial charge in [-0.05, 0) is 20.3 Å². The maximum atomic E-state index is 11.4. The maximum Gasteiger partial charge on any atom is 0.254 e. The van der Waals surface area contributed by atoms with Gasteiger partial charge in [0.2, 0.25) is 0 Å². The number of rotatable bonds is 2. The zero-order valence-corrected chi connectivity index (χ0v) is 8.77. The highest BCUT2D eigenvalue weighted by atomic mass is 35.5. The molecule has 1 aromatic rings. The van der Waals surface area contributed by atoms with Crippen molar-refractivity contribution in [1.82, 2.24) is 9.97 Å². The van der Waals surface area contributed by atoms with Crippen molar-refractivity contribution in [3.05, 3.63) is 27.4 Å². The van der Waals surface area contributed by atoms with Crippen LogP contribution < -0.4 is 5.56 Å². The van der Waals surface area contributed by atoms with Gasteiger partial charge >= 0.3 is 0 Å². The SMILES string of the molecule is CCc1nc(C(C)Cl)[nH]c(=O)c1C. The number of aryl methyl sites for hydroxylation is 1. The Labute approximate surface area is 82.2 Å². The molecule has 13 heavy (non-hydrogen) atoms. The summed E-state index contributed by atoms with van der Waals surface area (Å²) in [5, 5.41) is -0.251. The molecule has 0 radical (unpaired) electrons. The molecular formula is C9H13ClN2O. The Morgan fingerprint density at radius 3 is 2.69 bits per heavy atom. The first-order valence-electron chi connectivity index (χ1n) is 4.30. The normalized spacial score (nSPS) is 12.9. The molecule has 0 amide bonds. The lowest BCUT2D eigenvalue weighted by atomic mass is 10.2. The van der Waals surface area contributed by atoms with Crippen molar-refractivity contribution in [2.75, 3.05) is 0 Å². The van der Waals surface area contributed by atoms with Gasteiger partial charge in [-0.1, -0.05) is 6.92 Å². The van der Waals surface area contributed by atoms with Crippen LogP contribution in [0.1, 0.15) is 36.3 Å². The predicted molar refractivity (Wildman–Crippen MR) is 53.2 cm³/mol. The number of H-pyrrole nitrogens is 1. The van der Waals surface area contributed by atoms with Gasteiger partial charge in [0, 0.05) is 5.56 Å². The molecule has 1 aromatic heterocycles. The molecule has 0 saturated carbocycles. The van der Waals surface area contributed by atoms with E-state index in [1.54, 1.807) is 13.8 Å². The van der Waals surface area contributed by atoms with Crippen LogP contribution in [0.2, 0.25) is 0 Å². The molecule has 1 N–H and O–H groups in total. The minimum absolute atomic E-state index is 0.0886. The lowest BCUT2D eigenvalue weighted by Gasteiger charge is -2.06. The number of aromatic nitrogens is 2. The fourth-order valence-electron chi connectivity index (χ4n) is 1.13.